The number of carbonyl (C=O) groups excluding carboxylic acids is 1. The summed E-state index contributed by atoms with van der Waals surface area (Å²) in [6.07, 6.45) is 24.5. The van der Waals surface area contributed by atoms with Crippen molar-refractivity contribution >= 4 is 5.97 Å². The van der Waals surface area contributed by atoms with Gasteiger partial charge in [0.1, 0.15) is 0 Å². The van der Waals surface area contributed by atoms with E-state index in [2.05, 4.69) is 27.7 Å². The van der Waals surface area contributed by atoms with Gasteiger partial charge in [-0.25, -0.2) is 0 Å². The van der Waals surface area contributed by atoms with E-state index in [9.17, 15) is 4.79 Å². The molecule has 0 fully saturated rings. The summed E-state index contributed by atoms with van der Waals surface area (Å²) in [7, 11) is 0. The smallest absolute Gasteiger partial charge is 0.308 e. The molecule has 0 aromatic carbocycles. The Morgan fingerprint density at radius 2 is 0.966 bits per heavy atom. The molecule has 0 saturated carbocycles. The summed E-state index contributed by atoms with van der Waals surface area (Å²) >= 11 is 0. The fourth-order valence-electron chi connectivity index (χ4n) is 4.08. The van der Waals surface area contributed by atoms with Crippen LogP contribution in [0.2, 0.25) is 0 Å². The summed E-state index contributed by atoms with van der Waals surface area (Å²) in [5, 5.41) is 0. The molecule has 0 amide bonds. The number of carbonyl (C=O) groups is 1. The molecule has 0 N–H and O–H groups in total. The van der Waals surface area contributed by atoms with Crippen LogP contribution in [-0.2, 0) is 9.53 Å². The SMILES string of the molecule is CCCCCCCCCC(C)C(=O)OCC(CCCCCC)CCCCCCC. The van der Waals surface area contributed by atoms with Crippen LogP contribution in [0.1, 0.15) is 150 Å². The van der Waals surface area contributed by atoms with Gasteiger partial charge < -0.3 is 4.74 Å². The Balaban J connectivity index is 4.02. The fourth-order valence-corrected chi connectivity index (χ4v) is 4.08. The first-order valence-corrected chi connectivity index (χ1v) is 13.3. The van der Waals surface area contributed by atoms with E-state index in [0.29, 0.717) is 12.5 Å². The van der Waals surface area contributed by atoms with Gasteiger partial charge in [0.15, 0.2) is 0 Å². The van der Waals surface area contributed by atoms with Crippen molar-refractivity contribution in [1.29, 1.82) is 0 Å². The second kappa shape index (κ2) is 22.2. The van der Waals surface area contributed by atoms with Gasteiger partial charge in [-0.3, -0.25) is 4.79 Å². The molecule has 0 radical (unpaired) electrons. The van der Waals surface area contributed by atoms with Gasteiger partial charge in [-0.05, 0) is 25.2 Å². The number of hydrogen-bond donors (Lipinski definition) is 0. The molecule has 29 heavy (non-hydrogen) atoms. The Morgan fingerprint density at radius 3 is 1.45 bits per heavy atom. The fraction of sp³-hybridized carbons (Fsp3) is 0.963. The lowest BCUT2D eigenvalue weighted by atomic mass is 9.95. The van der Waals surface area contributed by atoms with Crippen LogP contribution >= 0.6 is 0 Å². The first kappa shape index (κ1) is 28.5. The Labute approximate surface area is 184 Å². The van der Waals surface area contributed by atoms with Crippen LogP contribution in [0.4, 0.5) is 0 Å². The third-order valence-corrected chi connectivity index (χ3v) is 6.29. The average Bonchev–Trinajstić information content (AvgIpc) is 2.73. The third kappa shape index (κ3) is 19.2. The number of rotatable bonds is 22. The molecule has 174 valence electrons. The van der Waals surface area contributed by atoms with Gasteiger partial charge in [-0.2, -0.15) is 0 Å². The summed E-state index contributed by atoms with van der Waals surface area (Å²) < 4.78 is 5.77. The van der Waals surface area contributed by atoms with Crippen LogP contribution < -0.4 is 0 Å². The molecule has 0 saturated heterocycles. The van der Waals surface area contributed by atoms with E-state index in [-0.39, 0.29) is 11.9 Å². The predicted octanol–water partition coefficient (Wildman–Crippen LogP) is 9.25. The first-order chi connectivity index (χ1) is 14.2. The molecule has 2 nitrogen and oxygen atoms in total. The van der Waals surface area contributed by atoms with Crippen molar-refractivity contribution in [2.24, 2.45) is 11.8 Å². The van der Waals surface area contributed by atoms with Gasteiger partial charge in [0.05, 0.1) is 12.5 Å². The molecule has 0 aromatic heterocycles. The Morgan fingerprint density at radius 1 is 0.586 bits per heavy atom. The van der Waals surface area contributed by atoms with Crippen molar-refractivity contribution in [3.63, 3.8) is 0 Å². The summed E-state index contributed by atoms with van der Waals surface area (Å²) in [4.78, 5) is 12.4. The highest BCUT2D eigenvalue weighted by atomic mass is 16.5. The quantitative estimate of drug-likeness (QED) is 0.131. The Hall–Kier alpha value is -0.530. The van der Waals surface area contributed by atoms with Gasteiger partial charge in [0.2, 0.25) is 0 Å². The van der Waals surface area contributed by atoms with Crippen LogP contribution in [-0.4, -0.2) is 12.6 Å². The van der Waals surface area contributed by atoms with Crippen LogP contribution in [0.3, 0.4) is 0 Å². The molecule has 0 spiro atoms. The molecular weight excluding hydrogens is 356 g/mol. The highest BCUT2D eigenvalue weighted by Gasteiger charge is 2.17. The van der Waals surface area contributed by atoms with E-state index in [4.69, 9.17) is 4.74 Å². The number of hydrogen-bond acceptors (Lipinski definition) is 2. The summed E-state index contributed by atoms with van der Waals surface area (Å²) in [6, 6.07) is 0. The lowest BCUT2D eigenvalue weighted by Crippen LogP contribution is -2.20. The molecule has 0 aliphatic heterocycles. The minimum absolute atomic E-state index is 0.0422. The van der Waals surface area contributed by atoms with E-state index in [1.807, 2.05) is 0 Å². The summed E-state index contributed by atoms with van der Waals surface area (Å²) in [5.74, 6) is 0.680. The zero-order chi connectivity index (χ0) is 21.6. The predicted molar refractivity (Wildman–Crippen MR) is 128 cm³/mol. The minimum atomic E-state index is 0.0422. The van der Waals surface area contributed by atoms with Gasteiger partial charge in [-0.15, -0.1) is 0 Å². The first-order valence-electron chi connectivity index (χ1n) is 13.3. The van der Waals surface area contributed by atoms with Crippen molar-refractivity contribution in [2.75, 3.05) is 6.61 Å². The lowest BCUT2D eigenvalue weighted by molar-refractivity contribution is -0.149. The second-order valence-corrected chi connectivity index (χ2v) is 9.36. The van der Waals surface area contributed by atoms with Crippen LogP contribution in [0.15, 0.2) is 0 Å². The maximum Gasteiger partial charge on any atom is 0.308 e. The highest BCUT2D eigenvalue weighted by Crippen LogP contribution is 2.20. The van der Waals surface area contributed by atoms with E-state index >= 15 is 0 Å². The lowest BCUT2D eigenvalue weighted by Gasteiger charge is -2.19. The molecule has 2 heteroatoms. The van der Waals surface area contributed by atoms with Gasteiger partial charge >= 0.3 is 5.97 Å². The summed E-state index contributed by atoms with van der Waals surface area (Å²) in [5.41, 5.74) is 0. The van der Waals surface area contributed by atoms with Gasteiger partial charge in [-0.1, -0.05) is 130 Å². The van der Waals surface area contributed by atoms with E-state index in [1.54, 1.807) is 0 Å². The number of unbranched alkanes of at least 4 members (excludes halogenated alkanes) is 13. The van der Waals surface area contributed by atoms with E-state index < -0.39 is 0 Å². The van der Waals surface area contributed by atoms with Crippen LogP contribution in [0.5, 0.6) is 0 Å². The molecule has 2 unspecified atom stereocenters. The largest absolute Gasteiger partial charge is 0.465 e. The molecule has 0 heterocycles. The Kier molecular flexibility index (Phi) is 21.8. The highest BCUT2D eigenvalue weighted by molar-refractivity contribution is 5.71. The summed E-state index contributed by atoms with van der Waals surface area (Å²) in [6.45, 7) is 9.50. The van der Waals surface area contributed by atoms with Crippen LogP contribution in [0, 0.1) is 11.8 Å². The Bertz CT molecular complexity index is 339. The van der Waals surface area contributed by atoms with Crippen molar-refractivity contribution < 1.29 is 9.53 Å². The van der Waals surface area contributed by atoms with Crippen LogP contribution in [0.25, 0.3) is 0 Å². The third-order valence-electron chi connectivity index (χ3n) is 6.29. The maximum absolute atomic E-state index is 12.4. The molecular formula is C27H54O2. The molecule has 2 atom stereocenters. The zero-order valence-electron chi connectivity index (χ0n) is 20.6. The molecule has 0 rings (SSSR count). The molecule has 0 bridgehead atoms. The van der Waals surface area contributed by atoms with Gasteiger partial charge in [0.25, 0.3) is 0 Å². The van der Waals surface area contributed by atoms with Crippen molar-refractivity contribution in [1.82, 2.24) is 0 Å². The van der Waals surface area contributed by atoms with E-state index in [1.165, 1.54) is 116 Å². The normalized spacial score (nSPS) is 13.4. The zero-order valence-corrected chi connectivity index (χ0v) is 20.6. The standard InChI is InChI=1S/C27H54O2/c1-5-8-11-14-15-17-18-21-25(4)27(28)29-24-26(22-19-13-10-7-3)23-20-16-12-9-6-2/h25-26H,5-24H2,1-4H3. The molecule has 0 aliphatic rings. The monoisotopic (exact) mass is 410 g/mol. The number of esters is 1. The topological polar surface area (TPSA) is 26.3 Å². The van der Waals surface area contributed by atoms with Crippen molar-refractivity contribution in [3.05, 3.63) is 0 Å². The minimum Gasteiger partial charge on any atom is -0.465 e. The maximum atomic E-state index is 12.4. The van der Waals surface area contributed by atoms with Crippen molar-refractivity contribution in [3.8, 4) is 0 Å². The van der Waals surface area contributed by atoms with Crippen molar-refractivity contribution in [2.45, 2.75) is 150 Å². The number of ether oxygens (including phenoxy) is 1. The van der Waals surface area contributed by atoms with E-state index in [0.717, 1.165) is 6.42 Å². The van der Waals surface area contributed by atoms with Gasteiger partial charge in [0, 0.05) is 0 Å². The molecule has 0 aliphatic carbocycles. The molecule has 0 aromatic rings. The average molecular weight is 411 g/mol. The second-order valence-electron chi connectivity index (χ2n) is 9.36.